The van der Waals surface area contributed by atoms with E-state index in [1.807, 2.05) is 68.4 Å². The van der Waals surface area contributed by atoms with Crippen LogP contribution < -0.4 is 15.0 Å². The molecular weight excluding hydrogens is 558 g/mol. The van der Waals surface area contributed by atoms with Gasteiger partial charge in [-0.15, -0.1) is 0 Å². The summed E-state index contributed by atoms with van der Waals surface area (Å²) in [5.41, 5.74) is 1.40. The SMILES string of the molecule is CCN(C(=O)c1cccc2ccccc12)C(C)c1nc2ccccc2c(=O)n1-c1cc(OC)cc(OC)c1Br. The highest BCUT2D eigenvalue weighted by atomic mass is 79.9. The first-order chi connectivity index (χ1) is 18.9. The van der Waals surface area contributed by atoms with E-state index in [4.69, 9.17) is 14.5 Å². The molecule has 39 heavy (non-hydrogen) atoms. The molecule has 0 saturated heterocycles. The van der Waals surface area contributed by atoms with Crippen molar-refractivity contribution >= 4 is 43.5 Å². The zero-order valence-electron chi connectivity index (χ0n) is 22.1. The maximum absolute atomic E-state index is 14.0. The molecule has 0 fully saturated rings. The lowest BCUT2D eigenvalue weighted by molar-refractivity contribution is 0.0695. The second kappa shape index (κ2) is 10.9. The van der Waals surface area contributed by atoms with Crippen molar-refractivity contribution in [3.8, 4) is 17.2 Å². The van der Waals surface area contributed by atoms with Crippen molar-refractivity contribution in [1.29, 1.82) is 0 Å². The Morgan fingerprint density at radius 3 is 2.38 bits per heavy atom. The molecule has 0 aliphatic carbocycles. The highest BCUT2D eigenvalue weighted by Crippen LogP contribution is 2.37. The van der Waals surface area contributed by atoms with Crippen LogP contribution in [0, 0.1) is 0 Å². The van der Waals surface area contributed by atoms with Crippen LogP contribution in [0.1, 0.15) is 36.1 Å². The number of carbonyl (C=O) groups excluding carboxylic acids is 1. The van der Waals surface area contributed by atoms with Crippen molar-refractivity contribution in [2.75, 3.05) is 20.8 Å². The van der Waals surface area contributed by atoms with Gasteiger partial charge in [0.2, 0.25) is 0 Å². The van der Waals surface area contributed by atoms with Crippen LogP contribution in [-0.4, -0.2) is 41.1 Å². The molecule has 198 valence electrons. The molecule has 5 aromatic rings. The summed E-state index contributed by atoms with van der Waals surface area (Å²) in [6.45, 7) is 4.23. The van der Waals surface area contributed by atoms with Gasteiger partial charge in [-0.25, -0.2) is 4.98 Å². The van der Waals surface area contributed by atoms with Gasteiger partial charge in [0.15, 0.2) is 0 Å². The number of hydrogen-bond acceptors (Lipinski definition) is 5. The fourth-order valence-electron chi connectivity index (χ4n) is 4.95. The van der Waals surface area contributed by atoms with Gasteiger partial charge in [-0.1, -0.05) is 48.5 Å². The Kier molecular flexibility index (Phi) is 7.39. The number of amides is 1. The molecule has 8 heteroatoms. The molecular formula is C31H28BrN3O4. The van der Waals surface area contributed by atoms with Crippen molar-refractivity contribution in [3.63, 3.8) is 0 Å². The number of fused-ring (bicyclic) bond motifs is 2. The van der Waals surface area contributed by atoms with E-state index in [1.54, 1.807) is 48.0 Å². The Morgan fingerprint density at radius 2 is 1.67 bits per heavy atom. The molecule has 1 amide bonds. The molecule has 1 atom stereocenters. The molecule has 1 heterocycles. The minimum Gasteiger partial charge on any atom is -0.497 e. The molecule has 0 aliphatic heterocycles. The number of rotatable bonds is 7. The van der Waals surface area contributed by atoms with Crippen LogP contribution in [0.2, 0.25) is 0 Å². The number of nitrogens with zero attached hydrogens (tertiary/aromatic N) is 3. The average molecular weight is 586 g/mol. The standard InChI is InChI=1S/C31H28BrN3O4/c1-5-34(30(36)23-15-10-12-20-11-6-7-13-22(20)23)19(2)29-33-25-16-9-8-14-24(25)31(37)35(29)26-17-21(38-3)18-27(39-4)28(26)32/h6-19H,5H2,1-4H3. The molecule has 4 aromatic carbocycles. The quantitative estimate of drug-likeness (QED) is 0.217. The van der Waals surface area contributed by atoms with E-state index >= 15 is 0 Å². The maximum Gasteiger partial charge on any atom is 0.266 e. The molecule has 1 aromatic heterocycles. The zero-order valence-corrected chi connectivity index (χ0v) is 23.7. The fourth-order valence-corrected chi connectivity index (χ4v) is 5.52. The molecule has 0 N–H and O–H groups in total. The Balaban J connectivity index is 1.74. The van der Waals surface area contributed by atoms with Crippen LogP contribution >= 0.6 is 15.9 Å². The van der Waals surface area contributed by atoms with Crippen molar-refractivity contribution in [2.45, 2.75) is 19.9 Å². The molecule has 0 radical (unpaired) electrons. The highest BCUT2D eigenvalue weighted by molar-refractivity contribution is 9.10. The number of carbonyl (C=O) groups is 1. The summed E-state index contributed by atoms with van der Waals surface area (Å²) < 4.78 is 13.2. The molecule has 5 rings (SSSR count). The third-order valence-electron chi connectivity index (χ3n) is 6.95. The Labute approximate surface area is 234 Å². The van der Waals surface area contributed by atoms with E-state index in [9.17, 15) is 9.59 Å². The minimum atomic E-state index is -0.553. The van der Waals surface area contributed by atoms with Crippen LogP contribution in [-0.2, 0) is 0 Å². The predicted molar refractivity (Wildman–Crippen MR) is 157 cm³/mol. The van der Waals surface area contributed by atoms with Crippen molar-refractivity contribution in [2.24, 2.45) is 0 Å². The van der Waals surface area contributed by atoms with Crippen molar-refractivity contribution in [1.82, 2.24) is 14.5 Å². The molecule has 7 nitrogen and oxygen atoms in total. The summed E-state index contributed by atoms with van der Waals surface area (Å²) in [4.78, 5) is 34.8. The van der Waals surface area contributed by atoms with Crippen LogP contribution in [0.3, 0.4) is 0 Å². The van der Waals surface area contributed by atoms with Gasteiger partial charge in [0.05, 0.1) is 41.3 Å². The monoisotopic (exact) mass is 585 g/mol. The van der Waals surface area contributed by atoms with Gasteiger partial charge in [-0.05, 0) is 58.7 Å². The summed E-state index contributed by atoms with van der Waals surface area (Å²) >= 11 is 3.62. The summed E-state index contributed by atoms with van der Waals surface area (Å²) in [5, 5.41) is 2.32. The van der Waals surface area contributed by atoms with Gasteiger partial charge in [0, 0.05) is 24.2 Å². The van der Waals surface area contributed by atoms with Gasteiger partial charge in [0.1, 0.15) is 17.3 Å². The van der Waals surface area contributed by atoms with E-state index in [0.29, 0.717) is 50.5 Å². The second-order valence-corrected chi connectivity index (χ2v) is 9.88. The lowest BCUT2D eigenvalue weighted by atomic mass is 10.0. The number of benzene rings is 4. The summed E-state index contributed by atoms with van der Waals surface area (Å²) in [7, 11) is 3.11. The van der Waals surface area contributed by atoms with E-state index in [-0.39, 0.29) is 11.5 Å². The van der Waals surface area contributed by atoms with Crippen LogP contribution in [0.4, 0.5) is 0 Å². The minimum absolute atomic E-state index is 0.141. The Bertz CT molecular complexity index is 1760. The maximum atomic E-state index is 14.0. The number of halogens is 1. The van der Waals surface area contributed by atoms with Crippen LogP contribution in [0.15, 0.2) is 88.1 Å². The van der Waals surface area contributed by atoms with Crippen molar-refractivity contribution in [3.05, 3.63) is 105 Å². The molecule has 0 bridgehead atoms. The third kappa shape index (κ3) is 4.65. The van der Waals surface area contributed by atoms with E-state index in [2.05, 4.69) is 15.9 Å². The first-order valence-electron chi connectivity index (χ1n) is 12.6. The smallest absolute Gasteiger partial charge is 0.266 e. The van der Waals surface area contributed by atoms with Gasteiger partial charge in [-0.3, -0.25) is 14.2 Å². The van der Waals surface area contributed by atoms with Gasteiger partial charge in [-0.2, -0.15) is 0 Å². The fraction of sp³-hybridized carbons (Fsp3) is 0.194. The zero-order chi connectivity index (χ0) is 27.7. The number of aromatic nitrogens is 2. The van der Waals surface area contributed by atoms with Crippen molar-refractivity contribution < 1.29 is 14.3 Å². The summed E-state index contributed by atoms with van der Waals surface area (Å²) in [5.74, 6) is 1.30. The average Bonchev–Trinajstić information content (AvgIpc) is 2.97. The number of para-hydroxylation sites is 1. The summed E-state index contributed by atoms with van der Waals surface area (Å²) in [6.07, 6.45) is 0. The Morgan fingerprint density at radius 1 is 0.974 bits per heavy atom. The third-order valence-corrected chi connectivity index (χ3v) is 7.75. The normalized spacial score (nSPS) is 11.9. The van der Waals surface area contributed by atoms with E-state index < -0.39 is 6.04 Å². The Hall–Kier alpha value is -4.17. The second-order valence-electron chi connectivity index (χ2n) is 9.08. The first-order valence-corrected chi connectivity index (χ1v) is 13.4. The summed E-state index contributed by atoms with van der Waals surface area (Å²) in [6, 6.07) is 23.7. The van der Waals surface area contributed by atoms with Gasteiger partial charge >= 0.3 is 0 Å². The molecule has 0 saturated carbocycles. The topological polar surface area (TPSA) is 73.7 Å². The van der Waals surface area contributed by atoms with Gasteiger partial charge < -0.3 is 14.4 Å². The molecule has 1 unspecified atom stereocenters. The lowest BCUT2D eigenvalue weighted by Gasteiger charge is -2.30. The molecule has 0 spiro atoms. The number of hydrogen-bond donors (Lipinski definition) is 0. The first kappa shape index (κ1) is 26.4. The lowest BCUT2D eigenvalue weighted by Crippen LogP contribution is -2.37. The predicted octanol–water partition coefficient (Wildman–Crippen LogP) is 6.54. The number of methoxy groups -OCH3 is 2. The molecule has 0 aliphatic rings. The van der Waals surface area contributed by atoms with E-state index in [1.165, 1.54) is 0 Å². The largest absolute Gasteiger partial charge is 0.497 e. The van der Waals surface area contributed by atoms with E-state index in [0.717, 1.165) is 10.8 Å². The highest BCUT2D eigenvalue weighted by Gasteiger charge is 2.28. The van der Waals surface area contributed by atoms with Crippen LogP contribution in [0.5, 0.6) is 11.5 Å². The van der Waals surface area contributed by atoms with Gasteiger partial charge in [0.25, 0.3) is 11.5 Å². The van der Waals surface area contributed by atoms with Crippen LogP contribution in [0.25, 0.3) is 27.4 Å². The number of ether oxygens (including phenoxy) is 2.